The van der Waals surface area contributed by atoms with Gasteiger partial charge in [-0.3, -0.25) is 4.79 Å². The molecule has 0 saturated carbocycles. The number of aromatic nitrogens is 2. The molecule has 2 heterocycles. The summed E-state index contributed by atoms with van der Waals surface area (Å²) in [5.74, 6) is 0.614. The molecule has 3 rings (SSSR count). The number of carbonyl (C=O) groups is 1. The molecule has 0 unspecified atom stereocenters. The summed E-state index contributed by atoms with van der Waals surface area (Å²) >= 11 is 0. The van der Waals surface area contributed by atoms with Gasteiger partial charge < -0.3 is 19.9 Å². The number of nitrogens with one attached hydrogen (secondary N) is 2. The van der Waals surface area contributed by atoms with E-state index in [0.29, 0.717) is 29.0 Å². The van der Waals surface area contributed by atoms with Crippen LogP contribution in [0.4, 0.5) is 19.0 Å². The van der Waals surface area contributed by atoms with Crippen molar-refractivity contribution in [3.05, 3.63) is 70.2 Å². The van der Waals surface area contributed by atoms with Gasteiger partial charge in [0.05, 0.1) is 27.9 Å². The fourth-order valence-corrected chi connectivity index (χ4v) is 2.94. The van der Waals surface area contributed by atoms with Crippen LogP contribution in [0, 0.1) is 25.2 Å². The molecule has 3 aromatic rings. The summed E-state index contributed by atoms with van der Waals surface area (Å²) in [6, 6.07) is 9.11. The zero-order valence-electron chi connectivity index (χ0n) is 17.8. The minimum atomic E-state index is -4.59. The number of anilines is 1. The number of amides is 1. The Balaban J connectivity index is 1.57. The Morgan fingerprint density at radius 2 is 2.00 bits per heavy atom. The van der Waals surface area contributed by atoms with Crippen molar-refractivity contribution in [2.75, 3.05) is 18.4 Å². The maximum atomic E-state index is 12.8. The Kier molecular flexibility index (Phi) is 7.17. The lowest BCUT2D eigenvalue weighted by Gasteiger charge is -2.13. The number of para-hydroxylation sites is 1. The van der Waals surface area contributed by atoms with Crippen molar-refractivity contribution in [1.82, 2.24) is 15.5 Å². The third-order valence-electron chi connectivity index (χ3n) is 4.72. The Labute approximate surface area is 187 Å². The van der Waals surface area contributed by atoms with Gasteiger partial charge in [0, 0.05) is 19.3 Å². The van der Waals surface area contributed by atoms with Crippen LogP contribution in [0.15, 0.2) is 41.1 Å². The second-order valence-corrected chi connectivity index (χ2v) is 7.00. The third kappa shape index (κ3) is 5.79. The van der Waals surface area contributed by atoms with Crippen LogP contribution in [0.5, 0.6) is 5.75 Å². The fourth-order valence-electron chi connectivity index (χ4n) is 2.94. The smallest absolute Gasteiger partial charge is 0.417 e. The summed E-state index contributed by atoms with van der Waals surface area (Å²) in [6.45, 7) is 4.02. The molecule has 0 aliphatic rings. The molecule has 8 nitrogen and oxygen atoms in total. The number of pyridine rings is 1. The van der Waals surface area contributed by atoms with Gasteiger partial charge in [0.2, 0.25) is 0 Å². The highest BCUT2D eigenvalue weighted by molar-refractivity contribution is 5.96. The highest BCUT2D eigenvalue weighted by Gasteiger charge is 2.31. The first-order valence-corrected chi connectivity index (χ1v) is 9.83. The molecular formula is C22H20F3N5O3. The van der Waals surface area contributed by atoms with Crippen LogP contribution < -0.4 is 15.4 Å². The van der Waals surface area contributed by atoms with Gasteiger partial charge in [0.1, 0.15) is 30.0 Å². The second-order valence-electron chi connectivity index (χ2n) is 7.00. The van der Waals surface area contributed by atoms with E-state index in [0.717, 1.165) is 11.6 Å². The first-order chi connectivity index (χ1) is 15.7. The Bertz CT molecular complexity index is 1170. The molecule has 1 aromatic carbocycles. The zero-order chi connectivity index (χ0) is 24.0. The summed E-state index contributed by atoms with van der Waals surface area (Å²) in [6.07, 6.45) is -3.94. The van der Waals surface area contributed by atoms with Gasteiger partial charge in [0.25, 0.3) is 5.91 Å². The average molecular weight is 459 g/mol. The molecule has 0 spiro atoms. The molecule has 33 heavy (non-hydrogen) atoms. The standard InChI is InChI=1S/C22H20F3N5O3/c1-13-18(14(2)33-30-13)12-32-19-6-4-3-5-17(19)21(31)28-8-7-27-20-15(10-26)9-16(11-29-20)22(23,24)25/h3-6,9,11H,7-8,12H2,1-2H3,(H,27,29)(H,28,31). The molecule has 2 aromatic heterocycles. The monoisotopic (exact) mass is 459 g/mol. The van der Waals surface area contributed by atoms with Crippen molar-refractivity contribution >= 4 is 11.7 Å². The van der Waals surface area contributed by atoms with Crippen molar-refractivity contribution in [3.63, 3.8) is 0 Å². The van der Waals surface area contributed by atoms with Gasteiger partial charge in [-0.1, -0.05) is 17.3 Å². The number of benzene rings is 1. The minimum Gasteiger partial charge on any atom is -0.488 e. The third-order valence-corrected chi connectivity index (χ3v) is 4.72. The normalized spacial score (nSPS) is 11.0. The number of alkyl halides is 3. The van der Waals surface area contributed by atoms with Crippen molar-refractivity contribution in [1.29, 1.82) is 5.26 Å². The molecule has 0 fully saturated rings. The summed E-state index contributed by atoms with van der Waals surface area (Å²) in [5.41, 5.74) is 0.566. The Morgan fingerprint density at radius 1 is 1.24 bits per heavy atom. The first-order valence-electron chi connectivity index (χ1n) is 9.83. The molecule has 0 radical (unpaired) electrons. The molecule has 0 aliphatic heterocycles. The molecule has 11 heteroatoms. The predicted octanol–water partition coefficient (Wildman–Crippen LogP) is 4.00. The van der Waals surface area contributed by atoms with E-state index in [1.165, 1.54) is 0 Å². The quantitative estimate of drug-likeness (QED) is 0.490. The van der Waals surface area contributed by atoms with Crippen molar-refractivity contribution < 1.29 is 27.2 Å². The Hall–Kier alpha value is -4.07. The summed E-state index contributed by atoms with van der Waals surface area (Å²) in [7, 11) is 0. The van der Waals surface area contributed by atoms with E-state index < -0.39 is 17.6 Å². The largest absolute Gasteiger partial charge is 0.488 e. The summed E-state index contributed by atoms with van der Waals surface area (Å²) < 4.78 is 49.2. The lowest BCUT2D eigenvalue weighted by atomic mass is 10.1. The van der Waals surface area contributed by atoms with Gasteiger partial charge in [-0.05, 0) is 32.0 Å². The minimum absolute atomic E-state index is 0.00273. The SMILES string of the molecule is Cc1noc(C)c1COc1ccccc1C(=O)NCCNc1ncc(C(F)(F)F)cc1C#N. The van der Waals surface area contributed by atoms with Crippen molar-refractivity contribution in [2.24, 2.45) is 0 Å². The molecular weight excluding hydrogens is 439 g/mol. The van der Waals surface area contributed by atoms with E-state index in [2.05, 4.69) is 20.8 Å². The Morgan fingerprint density at radius 3 is 2.67 bits per heavy atom. The maximum absolute atomic E-state index is 12.8. The van der Waals surface area contributed by atoms with E-state index in [1.807, 2.05) is 0 Å². The van der Waals surface area contributed by atoms with Crippen LogP contribution in [-0.2, 0) is 12.8 Å². The number of nitrogens with zero attached hydrogens (tertiary/aromatic N) is 3. The van der Waals surface area contributed by atoms with Crippen LogP contribution in [0.25, 0.3) is 0 Å². The van der Waals surface area contributed by atoms with E-state index in [1.54, 1.807) is 44.2 Å². The summed E-state index contributed by atoms with van der Waals surface area (Å²) in [5, 5.41) is 18.4. The lowest BCUT2D eigenvalue weighted by Crippen LogP contribution is -2.29. The van der Waals surface area contributed by atoms with E-state index in [4.69, 9.17) is 14.5 Å². The number of ether oxygens (including phenoxy) is 1. The number of hydrogen-bond acceptors (Lipinski definition) is 7. The van der Waals surface area contributed by atoms with Crippen LogP contribution >= 0.6 is 0 Å². The highest BCUT2D eigenvalue weighted by atomic mass is 19.4. The number of carbonyl (C=O) groups excluding carboxylic acids is 1. The van der Waals surface area contributed by atoms with E-state index in [-0.39, 0.29) is 31.1 Å². The van der Waals surface area contributed by atoms with Crippen LogP contribution in [0.2, 0.25) is 0 Å². The second kappa shape index (κ2) is 10.0. The summed E-state index contributed by atoms with van der Waals surface area (Å²) in [4.78, 5) is 16.3. The number of rotatable bonds is 8. The van der Waals surface area contributed by atoms with Crippen LogP contribution in [0.1, 0.15) is 38.5 Å². The number of aryl methyl sites for hydroxylation is 2. The van der Waals surface area contributed by atoms with Gasteiger partial charge in [0.15, 0.2) is 0 Å². The topological polar surface area (TPSA) is 113 Å². The predicted molar refractivity (Wildman–Crippen MR) is 112 cm³/mol. The van der Waals surface area contributed by atoms with Gasteiger partial charge >= 0.3 is 6.18 Å². The van der Waals surface area contributed by atoms with Crippen molar-refractivity contribution in [2.45, 2.75) is 26.6 Å². The highest BCUT2D eigenvalue weighted by Crippen LogP contribution is 2.30. The average Bonchev–Trinajstić information content (AvgIpc) is 3.11. The first kappa shape index (κ1) is 23.6. The van der Waals surface area contributed by atoms with Crippen LogP contribution in [0.3, 0.4) is 0 Å². The molecule has 1 amide bonds. The fraction of sp³-hybridized carbons (Fsp3) is 0.273. The number of nitriles is 1. The molecule has 0 bridgehead atoms. The van der Waals surface area contributed by atoms with Crippen LogP contribution in [-0.4, -0.2) is 29.1 Å². The van der Waals surface area contributed by atoms with Gasteiger partial charge in [-0.15, -0.1) is 0 Å². The number of hydrogen-bond donors (Lipinski definition) is 2. The molecule has 172 valence electrons. The van der Waals surface area contributed by atoms with Gasteiger partial charge in [-0.2, -0.15) is 18.4 Å². The van der Waals surface area contributed by atoms with Crippen molar-refractivity contribution in [3.8, 4) is 11.8 Å². The van der Waals surface area contributed by atoms with E-state index in [9.17, 15) is 18.0 Å². The number of halogens is 3. The molecule has 2 N–H and O–H groups in total. The molecule has 0 atom stereocenters. The van der Waals surface area contributed by atoms with Gasteiger partial charge in [-0.25, -0.2) is 4.98 Å². The maximum Gasteiger partial charge on any atom is 0.417 e. The zero-order valence-corrected chi connectivity index (χ0v) is 17.8. The lowest BCUT2D eigenvalue weighted by molar-refractivity contribution is -0.137. The van der Waals surface area contributed by atoms with E-state index >= 15 is 0 Å². The molecule has 0 saturated heterocycles. The molecule has 0 aliphatic carbocycles.